The third kappa shape index (κ3) is 3.85. The summed E-state index contributed by atoms with van der Waals surface area (Å²) in [6, 6.07) is 4.40. The largest absolute Gasteiger partial charge is 0.384 e. The monoisotopic (exact) mass is 372 g/mol. The smallest absolute Gasteiger partial charge is 0.211 e. The topological polar surface area (TPSA) is 49.9 Å². The molecule has 3 rings (SSSR count). The van der Waals surface area contributed by atoms with Gasteiger partial charge in [-0.25, -0.2) is 12.7 Å². The van der Waals surface area contributed by atoms with Crippen LogP contribution < -0.4 is 0 Å². The van der Waals surface area contributed by atoms with E-state index in [0.29, 0.717) is 25.6 Å². The molecule has 0 N–H and O–H groups in total. The predicted molar refractivity (Wildman–Crippen MR) is 97.8 cm³/mol. The van der Waals surface area contributed by atoms with Gasteiger partial charge in [-0.05, 0) is 50.4 Å². The van der Waals surface area contributed by atoms with E-state index in [4.69, 9.17) is 4.74 Å². The SMILES string of the molecule is COCC1CN(S(C)(=O)=O)CC12CCN(Cc1ccc(C)s1)CC2. The van der Waals surface area contributed by atoms with Crippen LogP contribution in [0.15, 0.2) is 12.1 Å². The molecule has 1 atom stereocenters. The molecule has 0 aliphatic carbocycles. The van der Waals surface area contributed by atoms with E-state index in [9.17, 15) is 8.42 Å². The van der Waals surface area contributed by atoms with Crippen molar-refractivity contribution in [3.63, 3.8) is 0 Å². The first kappa shape index (κ1) is 18.3. The van der Waals surface area contributed by atoms with E-state index in [1.54, 1.807) is 11.4 Å². The first-order valence-electron chi connectivity index (χ1n) is 8.54. The minimum atomic E-state index is -3.12. The normalized spacial score (nSPS) is 25.5. The van der Waals surface area contributed by atoms with Crippen molar-refractivity contribution >= 4 is 21.4 Å². The highest BCUT2D eigenvalue weighted by molar-refractivity contribution is 7.88. The molecular formula is C17H28N2O3S2. The van der Waals surface area contributed by atoms with Gasteiger partial charge in [0.25, 0.3) is 0 Å². The molecule has 1 spiro atoms. The van der Waals surface area contributed by atoms with Gasteiger partial charge in [0, 0.05) is 42.4 Å². The van der Waals surface area contributed by atoms with Gasteiger partial charge in [0.2, 0.25) is 10.0 Å². The Morgan fingerprint density at radius 2 is 2.04 bits per heavy atom. The van der Waals surface area contributed by atoms with E-state index < -0.39 is 10.0 Å². The van der Waals surface area contributed by atoms with Crippen LogP contribution in [-0.4, -0.2) is 63.8 Å². The molecule has 136 valence electrons. The van der Waals surface area contributed by atoms with Crippen molar-refractivity contribution in [3.8, 4) is 0 Å². The summed E-state index contributed by atoms with van der Waals surface area (Å²) in [7, 11) is -1.41. The summed E-state index contributed by atoms with van der Waals surface area (Å²) in [4.78, 5) is 5.28. The summed E-state index contributed by atoms with van der Waals surface area (Å²) >= 11 is 1.87. The Bertz CT molecular complexity index is 663. The number of nitrogens with zero attached hydrogens (tertiary/aromatic N) is 2. The second-order valence-corrected chi connectivity index (χ2v) is 10.7. The summed E-state index contributed by atoms with van der Waals surface area (Å²) in [6.07, 6.45) is 3.43. The molecular weight excluding hydrogens is 344 g/mol. The van der Waals surface area contributed by atoms with E-state index in [0.717, 1.165) is 32.5 Å². The Morgan fingerprint density at radius 1 is 1.33 bits per heavy atom. The highest BCUT2D eigenvalue weighted by atomic mass is 32.2. The van der Waals surface area contributed by atoms with E-state index >= 15 is 0 Å². The quantitative estimate of drug-likeness (QED) is 0.795. The van der Waals surface area contributed by atoms with Crippen molar-refractivity contribution in [2.24, 2.45) is 11.3 Å². The van der Waals surface area contributed by atoms with Gasteiger partial charge < -0.3 is 4.74 Å². The molecule has 5 nitrogen and oxygen atoms in total. The summed E-state index contributed by atoms with van der Waals surface area (Å²) in [6.45, 7) is 7.15. The Morgan fingerprint density at radius 3 is 2.58 bits per heavy atom. The molecule has 0 radical (unpaired) electrons. The van der Waals surface area contributed by atoms with Crippen LogP contribution in [0.1, 0.15) is 22.6 Å². The molecule has 2 aliphatic rings. The van der Waals surface area contributed by atoms with Gasteiger partial charge in [-0.15, -0.1) is 11.3 Å². The number of sulfonamides is 1. The van der Waals surface area contributed by atoms with Gasteiger partial charge in [-0.2, -0.15) is 0 Å². The van der Waals surface area contributed by atoms with Gasteiger partial charge in [-0.1, -0.05) is 0 Å². The third-order valence-electron chi connectivity index (χ3n) is 5.65. The van der Waals surface area contributed by atoms with Crippen molar-refractivity contribution in [1.29, 1.82) is 0 Å². The zero-order valence-corrected chi connectivity index (χ0v) is 16.5. The molecule has 2 fully saturated rings. The van der Waals surface area contributed by atoms with Gasteiger partial charge in [0.15, 0.2) is 0 Å². The van der Waals surface area contributed by atoms with E-state index in [1.807, 2.05) is 11.3 Å². The summed E-state index contributed by atoms with van der Waals surface area (Å²) < 4.78 is 31.1. The molecule has 1 aromatic rings. The zero-order chi connectivity index (χ0) is 17.4. The molecule has 7 heteroatoms. The second kappa shape index (κ2) is 7.03. The zero-order valence-electron chi connectivity index (χ0n) is 14.8. The number of methoxy groups -OCH3 is 1. The average molecular weight is 373 g/mol. The molecule has 1 unspecified atom stereocenters. The van der Waals surface area contributed by atoms with Crippen LogP contribution in [0.3, 0.4) is 0 Å². The molecule has 2 aliphatic heterocycles. The maximum atomic E-state index is 12.0. The van der Waals surface area contributed by atoms with Crippen LogP contribution in [-0.2, 0) is 21.3 Å². The lowest BCUT2D eigenvalue weighted by Gasteiger charge is -2.42. The molecule has 1 aromatic heterocycles. The lowest BCUT2D eigenvalue weighted by Crippen LogP contribution is -2.45. The van der Waals surface area contributed by atoms with Crippen LogP contribution in [0.2, 0.25) is 0 Å². The first-order valence-corrected chi connectivity index (χ1v) is 11.2. The van der Waals surface area contributed by atoms with Crippen molar-refractivity contribution in [2.45, 2.75) is 26.3 Å². The summed E-state index contributed by atoms with van der Waals surface area (Å²) in [5.41, 5.74) is 0.0843. The number of rotatable bonds is 5. The van der Waals surface area contributed by atoms with Crippen molar-refractivity contribution < 1.29 is 13.2 Å². The lowest BCUT2D eigenvalue weighted by molar-refractivity contribution is 0.0360. The van der Waals surface area contributed by atoms with Crippen LogP contribution in [0.5, 0.6) is 0 Å². The number of ether oxygens (including phenoxy) is 1. The van der Waals surface area contributed by atoms with Gasteiger partial charge >= 0.3 is 0 Å². The van der Waals surface area contributed by atoms with Crippen LogP contribution >= 0.6 is 11.3 Å². The van der Waals surface area contributed by atoms with Gasteiger partial charge in [-0.3, -0.25) is 4.90 Å². The maximum Gasteiger partial charge on any atom is 0.211 e. The van der Waals surface area contributed by atoms with E-state index in [-0.39, 0.29) is 5.41 Å². The molecule has 24 heavy (non-hydrogen) atoms. The minimum absolute atomic E-state index is 0.0843. The molecule has 3 heterocycles. The van der Waals surface area contributed by atoms with Crippen molar-refractivity contribution in [2.75, 3.05) is 46.2 Å². The number of hydrogen-bond donors (Lipinski definition) is 0. The molecule has 0 bridgehead atoms. The predicted octanol–water partition coefficient (Wildman–Crippen LogP) is 2.18. The van der Waals surface area contributed by atoms with Gasteiger partial charge in [0.05, 0.1) is 12.9 Å². The first-order chi connectivity index (χ1) is 11.3. The minimum Gasteiger partial charge on any atom is -0.384 e. The fourth-order valence-electron chi connectivity index (χ4n) is 4.18. The summed E-state index contributed by atoms with van der Waals surface area (Å²) in [5.74, 6) is 0.309. The Hall–Kier alpha value is -0.470. The maximum absolute atomic E-state index is 12.0. The van der Waals surface area contributed by atoms with Crippen LogP contribution in [0.4, 0.5) is 0 Å². The van der Waals surface area contributed by atoms with E-state index in [2.05, 4.69) is 24.0 Å². The fraction of sp³-hybridized carbons (Fsp3) is 0.765. The molecule has 2 saturated heterocycles. The summed E-state index contributed by atoms with van der Waals surface area (Å²) in [5, 5.41) is 0. The third-order valence-corrected chi connectivity index (χ3v) is 7.85. The van der Waals surface area contributed by atoms with Crippen molar-refractivity contribution in [1.82, 2.24) is 9.21 Å². The van der Waals surface area contributed by atoms with E-state index in [1.165, 1.54) is 16.0 Å². The highest BCUT2D eigenvalue weighted by Gasteiger charge is 2.49. The molecule has 0 aromatic carbocycles. The Labute approximate surface area is 149 Å². The highest BCUT2D eigenvalue weighted by Crippen LogP contribution is 2.45. The van der Waals surface area contributed by atoms with Crippen molar-refractivity contribution in [3.05, 3.63) is 21.9 Å². The Kier molecular flexibility index (Phi) is 5.37. The lowest BCUT2D eigenvalue weighted by atomic mass is 9.71. The second-order valence-electron chi connectivity index (χ2n) is 7.36. The Balaban J connectivity index is 1.65. The number of likely N-dealkylation sites (tertiary alicyclic amines) is 1. The number of aryl methyl sites for hydroxylation is 1. The van der Waals surface area contributed by atoms with Crippen LogP contribution in [0.25, 0.3) is 0 Å². The fourth-order valence-corrected chi connectivity index (χ4v) is 6.06. The average Bonchev–Trinajstić information content (AvgIpc) is 3.07. The number of piperidine rings is 1. The number of hydrogen-bond acceptors (Lipinski definition) is 5. The number of thiophene rings is 1. The van der Waals surface area contributed by atoms with Gasteiger partial charge in [0.1, 0.15) is 0 Å². The standard InChI is InChI=1S/C17H28N2O3S2/c1-14-4-5-16(23-14)11-18-8-6-17(7-9-18)13-19(24(3,20)21)10-15(17)12-22-2/h4-5,15H,6-13H2,1-3H3. The molecule has 0 amide bonds. The van der Waals surface area contributed by atoms with Crippen LogP contribution in [0, 0.1) is 18.3 Å². The molecule has 0 saturated carbocycles.